The second-order valence-electron chi connectivity index (χ2n) is 2.32. The highest BCUT2D eigenvalue weighted by atomic mass is 32.1. The highest BCUT2D eigenvalue weighted by Gasteiger charge is 2.09. The fourth-order valence-corrected chi connectivity index (χ4v) is 1.87. The molecule has 1 aromatic rings. The van der Waals surface area contributed by atoms with Crippen LogP contribution in [-0.4, -0.2) is 11.1 Å². The minimum absolute atomic E-state index is 0.155. The van der Waals surface area contributed by atoms with Crippen LogP contribution < -0.4 is 10.2 Å². The van der Waals surface area contributed by atoms with E-state index in [2.05, 4.69) is 5.32 Å². The molecule has 1 aliphatic heterocycles. The molecular formula is C6H8N2OS. The van der Waals surface area contributed by atoms with Crippen LogP contribution in [0.25, 0.3) is 0 Å². The first-order chi connectivity index (χ1) is 4.88. The van der Waals surface area contributed by atoms with Crippen molar-refractivity contribution in [3.8, 4) is 0 Å². The Hall–Kier alpha value is -0.770. The van der Waals surface area contributed by atoms with E-state index in [9.17, 15) is 4.79 Å². The minimum Gasteiger partial charge on any atom is -0.371 e. The van der Waals surface area contributed by atoms with Crippen molar-refractivity contribution in [3.63, 3.8) is 0 Å². The Bertz CT molecular complexity index is 288. The van der Waals surface area contributed by atoms with Gasteiger partial charge in [0.2, 0.25) is 0 Å². The van der Waals surface area contributed by atoms with E-state index in [4.69, 9.17) is 0 Å². The van der Waals surface area contributed by atoms with Crippen LogP contribution in [0.3, 0.4) is 0 Å². The maximum atomic E-state index is 11.0. The van der Waals surface area contributed by atoms with Crippen molar-refractivity contribution in [2.75, 3.05) is 11.9 Å². The van der Waals surface area contributed by atoms with Gasteiger partial charge in [0.1, 0.15) is 5.82 Å². The van der Waals surface area contributed by atoms with E-state index in [1.54, 1.807) is 4.57 Å². The topological polar surface area (TPSA) is 34.0 Å². The molecule has 0 saturated heterocycles. The summed E-state index contributed by atoms with van der Waals surface area (Å²) in [4.78, 5) is 11.2. The van der Waals surface area contributed by atoms with Crippen molar-refractivity contribution in [2.24, 2.45) is 0 Å². The van der Waals surface area contributed by atoms with Gasteiger partial charge in [-0.1, -0.05) is 11.3 Å². The summed E-state index contributed by atoms with van der Waals surface area (Å²) < 4.78 is 1.79. The number of aromatic nitrogens is 1. The van der Waals surface area contributed by atoms with Crippen molar-refractivity contribution < 1.29 is 0 Å². The Morgan fingerprint density at radius 2 is 2.60 bits per heavy atom. The molecule has 10 heavy (non-hydrogen) atoms. The first-order valence-corrected chi connectivity index (χ1v) is 4.18. The van der Waals surface area contributed by atoms with Crippen LogP contribution in [0.2, 0.25) is 0 Å². The Morgan fingerprint density at radius 3 is 3.40 bits per heavy atom. The summed E-state index contributed by atoms with van der Waals surface area (Å²) in [5.41, 5.74) is 0. The second-order valence-corrected chi connectivity index (χ2v) is 3.14. The lowest BCUT2D eigenvalue weighted by molar-refractivity contribution is 0.621. The smallest absolute Gasteiger partial charge is 0.308 e. The molecule has 2 heterocycles. The van der Waals surface area contributed by atoms with Crippen molar-refractivity contribution in [3.05, 3.63) is 15.0 Å². The zero-order valence-corrected chi connectivity index (χ0v) is 6.28. The molecule has 2 rings (SSSR count). The molecule has 0 bridgehead atoms. The molecule has 1 aromatic heterocycles. The monoisotopic (exact) mass is 156 g/mol. The van der Waals surface area contributed by atoms with Crippen LogP contribution in [-0.2, 0) is 6.54 Å². The van der Waals surface area contributed by atoms with Gasteiger partial charge in [-0.3, -0.25) is 9.36 Å². The van der Waals surface area contributed by atoms with Crippen LogP contribution in [0, 0.1) is 0 Å². The van der Waals surface area contributed by atoms with Crippen LogP contribution >= 0.6 is 11.3 Å². The van der Waals surface area contributed by atoms with Gasteiger partial charge in [0.15, 0.2) is 0 Å². The van der Waals surface area contributed by atoms with Crippen molar-refractivity contribution in [1.29, 1.82) is 0 Å². The number of hydrogen-bond acceptors (Lipinski definition) is 3. The van der Waals surface area contributed by atoms with E-state index in [-0.39, 0.29) is 4.87 Å². The van der Waals surface area contributed by atoms with Gasteiger partial charge >= 0.3 is 4.87 Å². The Labute approximate surface area is 62.3 Å². The molecule has 0 atom stereocenters. The Balaban J connectivity index is 2.55. The number of rotatable bonds is 0. The first kappa shape index (κ1) is 5.97. The standard InChI is InChI=1S/C6H8N2OS/c9-6-8-3-1-2-7-5(8)4-10-6/h4,7H,1-3H2. The lowest BCUT2D eigenvalue weighted by Crippen LogP contribution is -2.23. The predicted molar refractivity (Wildman–Crippen MR) is 41.7 cm³/mol. The highest BCUT2D eigenvalue weighted by Crippen LogP contribution is 2.12. The first-order valence-electron chi connectivity index (χ1n) is 3.30. The third kappa shape index (κ3) is 0.759. The molecule has 1 N–H and O–H groups in total. The average molecular weight is 156 g/mol. The number of fused-ring (bicyclic) bond motifs is 1. The molecule has 3 nitrogen and oxygen atoms in total. The largest absolute Gasteiger partial charge is 0.371 e. The summed E-state index contributed by atoms with van der Waals surface area (Å²) >= 11 is 1.27. The van der Waals surface area contributed by atoms with Crippen molar-refractivity contribution >= 4 is 17.2 Å². The molecule has 1 aliphatic rings. The van der Waals surface area contributed by atoms with Crippen LogP contribution in [0.5, 0.6) is 0 Å². The molecule has 0 radical (unpaired) electrons. The minimum atomic E-state index is 0.155. The third-order valence-electron chi connectivity index (χ3n) is 1.65. The zero-order valence-electron chi connectivity index (χ0n) is 5.46. The summed E-state index contributed by atoms with van der Waals surface area (Å²) in [6.45, 7) is 1.88. The summed E-state index contributed by atoms with van der Waals surface area (Å²) in [6, 6.07) is 0. The quantitative estimate of drug-likeness (QED) is 0.600. The van der Waals surface area contributed by atoms with Gasteiger partial charge in [0.05, 0.1) is 0 Å². The van der Waals surface area contributed by atoms with Crippen LogP contribution in [0.4, 0.5) is 5.82 Å². The summed E-state index contributed by atoms with van der Waals surface area (Å²) in [5.74, 6) is 0.987. The van der Waals surface area contributed by atoms with E-state index in [0.29, 0.717) is 0 Å². The fourth-order valence-electron chi connectivity index (χ4n) is 1.13. The van der Waals surface area contributed by atoms with Gasteiger partial charge in [-0.05, 0) is 6.42 Å². The van der Waals surface area contributed by atoms with E-state index >= 15 is 0 Å². The lowest BCUT2D eigenvalue weighted by atomic mass is 10.3. The number of hydrogen-bond donors (Lipinski definition) is 1. The number of nitrogens with one attached hydrogen (secondary N) is 1. The molecule has 0 spiro atoms. The molecule has 0 aromatic carbocycles. The molecule has 0 saturated carbocycles. The second kappa shape index (κ2) is 2.12. The van der Waals surface area contributed by atoms with Crippen molar-refractivity contribution in [1.82, 2.24) is 4.57 Å². The number of nitrogens with zero attached hydrogens (tertiary/aromatic N) is 1. The molecule has 0 unspecified atom stereocenters. The highest BCUT2D eigenvalue weighted by molar-refractivity contribution is 7.07. The molecule has 0 amide bonds. The van der Waals surface area contributed by atoms with Gasteiger partial charge in [-0.2, -0.15) is 0 Å². The molecule has 0 aliphatic carbocycles. The summed E-state index contributed by atoms with van der Waals surface area (Å²) in [6.07, 6.45) is 1.06. The van der Waals surface area contributed by atoms with Gasteiger partial charge in [-0.25, -0.2) is 0 Å². The maximum absolute atomic E-state index is 11.0. The number of thiazole rings is 1. The van der Waals surface area contributed by atoms with E-state index in [0.717, 1.165) is 25.3 Å². The van der Waals surface area contributed by atoms with E-state index in [1.165, 1.54) is 11.3 Å². The molecule has 4 heteroatoms. The summed E-state index contributed by atoms with van der Waals surface area (Å²) in [5, 5.41) is 5.03. The van der Waals surface area contributed by atoms with E-state index in [1.807, 2.05) is 5.38 Å². The third-order valence-corrected chi connectivity index (χ3v) is 2.41. The average Bonchev–Trinajstić information content (AvgIpc) is 2.34. The van der Waals surface area contributed by atoms with Gasteiger partial charge in [0.25, 0.3) is 0 Å². The zero-order chi connectivity index (χ0) is 6.97. The number of anilines is 1. The van der Waals surface area contributed by atoms with Crippen molar-refractivity contribution in [2.45, 2.75) is 13.0 Å². The lowest BCUT2D eigenvalue weighted by Gasteiger charge is -2.14. The Morgan fingerprint density at radius 1 is 1.70 bits per heavy atom. The van der Waals surface area contributed by atoms with Gasteiger partial charge in [-0.15, -0.1) is 0 Å². The van der Waals surface area contributed by atoms with Gasteiger partial charge < -0.3 is 5.32 Å². The molecular weight excluding hydrogens is 148 g/mol. The van der Waals surface area contributed by atoms with Crippen LogP contribution in [0.1, 0.15) is 6.42 Å². The van der Waals surface area contributed by atoms with Gasteiger partial charge in [0, 0.05) is 18.5 Å². The normalized spacial score (nSPS) is 16.0. The van der Waals surface area contributed by atoms with Crippen LogP contribution in [0.15, 0.2) is 10.2 Å². The van der Waals surface area contributed by atoms with E-state index < -0.39 is 0 Å². The maximum Gasteiger partial charge on any atom is 0.308 e. The Kier molecular flexibility index (Phi) is 1.27. The fraction of sp³-hybridized carbons (Fsp3) is 0.500. The predicted octanol–water partition coefficient (Wildman–Crippen LogP) is 0.725. The molecule has 54 valence electrons. The summed E-state index contributed by atoms with van der Waals surface area (Å²) in [7, 11) is 0. The molecule has 0 fully saturated rings. The SMILES string of the molecule is O=c1scc2n1CCCN2.